The molecule has 0 bridgehead atoms. The van der Waals surface area contributed by atoms with E-state index in [1.165, 1.54) is 38.5 Å². The zero-order chi connectivity index (χ0) is 39.1. The van der Waals surface area contributed by atoms with Crippen molar-refractivity contribution in [2.45, 2.75) is 82.0 Å². The lowest BCUT2D eigenvalue weighted by molar-refractivity contribution is -0.123. The number of methoxy groups -OCH3 is 6. The fourth-order valence-corrected chi connectivity index (χ4v) is 8.86. The van der Waals surface area contributed by atoms with Crippen molar-refractivity contribution in [3.63, 3.8) is 0 Å². The largest absolute Gasteiger partial charge is 0.493 e. The molecule has 294 valence electrons. The lowest BCUT2D eigenvalue weighted by Crippen LogP contribution is -2.33. The Labute approximate surface area is 329 Å². The Balaban J connectivity index is 0.000000159. The van der Waals surface area contributed by atoms with E-state index >= 15 is 0 Å². The van der Waals surface area contributed by atoms with Gasteiger partial charge in [0.25, 0.3) is 0 Å². The molecule has 1 unspecified atom stereocenters. The van der Waals surface area contributed by atoms with Crippen LogP contribution in [0.5, 0.6) is 34.5 Å². The number of aromatic nitrogens is 2. The van der Waals surface area contributed by atoms with E-state index in [1.54, 1.807) is 42.7 Å². The Hall–Kier alpha value is -5.12. The second kappa shape index (κ2) is 15.4. The summed E-state index contributed by atoms with van der Waals surface area (Å²) in [6, 6.07) is 12.0. The molecule has 0 amide bonds. The predicted octanol–water partition coefficient (Wildman–Crippen LogP) is 8.52. The number of benzene rings is 2. The molecule has 4 aromatic rings. The summed E-state index contributed by atoms with van der Waals surface area (Å²) in [5.41, 5.74) is 7.64. The van der Waals surface area contributed by atoms with Crippen LogP contribution in [0.3, 0.4) is 0 Å². The average molecular weight is 761 g/mol. The highest BCUT2D eigenvalue weighted by Gasteiger charge is 2.51. The van der Waals surface area contributed by atoms with E-state index in [4.69, 9.17) is 33.4 Å². The number of ketones is 2. The molecular formula is C46H52N2O8. The minimum Gasteiger partial charge on any atom is -0.493 e. The zero-order valence-corrected chi connectivity index (χ0v) is 33.4. The molecule has 3 saturated carbocycles. The molecule has 3 fully saturated rings. The molecule has 0 saturated heterocycles. The maximum atomic E-state index is 13.3. The Kier molecular flexibility index (Phi) is 10.4. The van der Waals surface area contributed by atoms with Gasteiger partial charge in [0.05, 0.1) is 59.5 Å². The van der Waals surface area contributed by atoms with E-state index in [0.717, 1.165) is 64.0 Å². The van der Waals surface area contributed by atoms with Gasteiger partial charge in [0.2, 0.25) is 11.5 Å². The first-order valence-corrected chi connectivity index (χ1v) is 19.9. The van der Waals surface area contributed by atoms with E-state index in [2.05, 4.69) is 17.1 Å². The summed E-state index contributed by atoms with van der Waals surface area (Å²) in [7, 11) is 9.64. The molecule has 2 heterocycles. The molecule has 2 aromatic carbocycles. The van der Waals surface area contributed by atoms with Gasteiger partial charge in [0.1, 0.15) is 11.6 Å². The lowest BCUT2D eigenvalue weighted by Gasteiger charge is -2.29. The summed E-state index contributed by atoms with van der Waals surface area (Å²) < 4.78 is 32.8. The topological polar surface area (TPSA) is 115 Å². The quantitative estimate of drug-likeness (QED) is 0.124. The molecule has 0 spiro atoms. The van der Waals surface area contributed by atoms with Crippen LogP contribution in [0.2, 0.25) is 0 Å². The van der Waals surface area contributed by atoms with E-state index in [1.807, 2.05) is 36.7 Å². The standard InChI is InChI=1S/C25H29NO4.C21H23NO4/c1-28-21-9-17(10-22(29-2)24(21)30-3)18-8-19-20(26-14-18)11-23(27)25(19,12-15-4-5-15)13-16-6-7-16;1-24-19-8-13(9-20(25-2)21(19)26-3)14-7-15-16(6-12-4-5-12)18(23)10-17(15)22-11-14/h8-10,14-16H,4-7,11-13H2,1-3H3;7-9,11-12,16H,4-6,10H2,1-3H3. The first kappa shape index (κ1) is 37.8. The Bertz CT molecular complexity index is 2090. The van der Waals surface area contributed by atoms with Gasteiger partial charge in [-0.25, -0.2) is 0 Å². The van der Waals surface area contributed by atoms with Crippen LogP contribution < -0.4 is 28.4 Å². The van der Waals surface area contributed by atoms with Gasteiger partial charge < -0.3 is 28.4 Å². The Morgan fingerprint density at radius 3 is 1.46 bits per heavy atom. The van der Waals surface area contributed by atoms with Crippen LogP contribution in [-0.2, 0) is 27.8 Å². The number of Topliss-reactive ketones (excluding diaryl/α,β-unsaturated/α-hetero) is 2. The third-order valence-corrected chi connectivity index (χ3v) is 12.4. The minimum atomic E-state index is -0.332. The molecule has 10 heteroatoms. The third kappa shape index (κ3) is 7.30. The van der Waals surface area contributed by atoms with Crippen molar-refractivity contribution >= 4 is 11.6 Å². The SMILES string of the molecule is COc1cc(-c2cnc3c(c2)C(CC2CC2)(CC2CC2)C(=O)C3)cc(OC)c1OC.COc1cc(-c2cnc3c(c2)C(CC2CC2)C(=O)C3)cc(OC)c1OC. The van der Waals surface area contributed by atoms with Gasteiger partial charge in [0.15, 0.2) is 23.0 Å². The molecule has 0 aliphatic heterocycles. The molecular weight excluding hydrogens is 709 g/mol. The van der Waals surface area contributed by atoms with Crippen molar-refractivity contribution in [1.82, 2.24) is 9.97 Å². The highest BCUT2D eigenvalue weighted by molar-refractivity contribution is 5.97. The fourth-order valence-electron chi connectivity index (χ4n) is 8.86. The fraction of sp³-hybridized carbons (Fsp3) is 0.478. The van der Waals surface area contributed by atoms with Crippen LogP contribution in [0.15, 0.2) is 48.8 Å². The summed E-state index contributed by atoms with van der Waals surface area (Å²) in [6.45, 7) is 0. The predicted molar refractivity (Wildman–Crippen MR) is 213 cm³/mol. The van der Waals surface area contributed by atoms with Gasteiger partial charge in [-0.3, -0.25) is 19.6 Å². The molecule has 0 radical (unpaired) electrons. The van der Waals surface area contributed by atoms with Crippen molar-refractivity contribution in [3.05, 3.63) is 71.3 Å². The van der Waals surface area contributed by atoms with Crippen LogP contribution in [-0.4, -0.2) is 64.2 Å². The maximum absolute atomic E-state index is 13.3. The number of hydrogen-bond donors (Lipinski definition) is 0. The molecule has 2 aromatic heterocycles. The number of hydrogen-bond acceptors (Lipinski definition) is 10. The molecule has 56 heavy (non-hydrogen) atoms. The van der Waals surface area contributed by atoms with Crippen molar-refractivity contribution in [3.8, 4) is 56.8 Å². The normalized spacial score (nSPS) is 19.1. The minimum absolute atomic E-state index is 0.00647. The van der Waals surface area contributed by atoms with Crippen LogP contribution in [0.1, 0.15) is 86.2 Å². The number of ether oxygens (including phenoxy) is 6. The van der Waals surface area contributed by atoms with E-state index < -0.39 is 0 Å². The molecule has 5 aliphatic carbocycles. The summed E-state index contributed by atoms with van der Waals surface area (Å²) >= 11 is 0. The van der Waals surface area contributed by atoms with Gasteiger partial charge in [-0.15, -0.1) is 0 Å². The number of nitrogens with zero attached hydrogens (tertiary/aromatic N) is 2. The summed E-state index contributed by atoms with van der Waals surface area (Å²) in [5.74, 6) is 6.38. The molecule has 0 N–H and O–H groups in total. The van der Waals surface area contributed by atoms with Gasteiger partial charge in [-0.05, 0) is 95.7 Å². The van der Waals surface area contributed by atoms with Crippen LogP contribution >= 0.6 is 0 Å². The average Bonchev–Trinajstić information content (AvgIpc) is 4.12. The molecule has 1 atom stereocenters. The third-order valence-electron chi connectivity index (χ3n) is 12.4. The van der Waals surface area contributed by atoms with Gasteiger partial charge in [-0.2, -0.15) is 0 Å². The van der Waals surface area contributed by atoms with Gasteiger partial charge in [0, 0.05) is 42.3 Å². The highest BCUT2D eigenvalue weighted by atomic mass is 16.5. The van der Waals surface area contributed by atoms with Crippen molar-refractivity contribution < 1.29 is 38.0 Å². The van der Waals surface area contributed by atoms with E-state index in [-0.39, 0.29) is 11.3 Å². The summed E-state index contributed by atoms with van der Waals surface area (Å²) in [6.07, 6.45) is 15.1. The van der Waals surface area contributed by atoms with Gasteiger partial charge in [-0.1, -0.05) is 38.5 Å². The van der Waals surface area contributed by atoms with E-state index in [9.17, 15) is 9.59 Å². The summed E-state index contributed by atoms with van der Waals surface area (Å²) in [5, 5.41) is 0. The monoisotopic (exact) mass is 760 g/mol. The molecule has 5 aliphatic rings. The van der Waals surface area contributed by atoms with Crippen LogP contribution in [0.25, 0.3) is 22.3 Å². The van der Waals surface area contributed by atoms with Crippen molar-refractivity contribution in [2.24, 2.45) is 17.8 Å². The number of carbonyl (C=O) groups is 2. The van der Waals surface area contributed by atoms with Crippen molar-refractivity contribution in [2.75, 3.05) is 42.7 Å². The molecule has 10 nitrogen and oxygen atoms in total. The first-order valence-electron chi connectivity index (χ1n) is 19.9. The zero-order valence-electron chi connectivity index (χ0n) is 33.4. The highest BCUT2D eigenvalue weighted by Crippen LogP contribution is 2.54. The number of rotatable bonds is 14. The van der Waals surface area contributed by atoms with Crippen molar-refractivity contribution in [1.29, 1.82) is 0 Å². The second-order valence-corrected chi connectivity index (χ2v) is 16.2. The van der Waals surface area contributed by atoms with Gasteiger partial charge >= 0.3 is 0 Å². The van der Waals surface area contributed by atoms with E-state index in [0.29, 0.717) is 76.7 Å². The number of fused-ring (bicyclic) bond motifs is 2. The molecule has 9 rings (SSSR count). The number of pyridine rings is 2. The summed E-state index contributed by atoms with van der Waals surface area (Å²) in [4.78, 5) is 35.1. The van der Waals surface area contributed by atoms with Crippen LogP contribution in [0.4, 0.5) is 0 Å². The lowest BCUT2D eigenvalue weighted by atomic mass is 9.72. The maximum Gasteiger partial charge on any atom is 0.203 e. The first-order chi connectivity index (χ1) is 27.2. The number of carbonyl (C=O) groups excluding carboxylic acids is 2. The second-order valence-electron chi connectivity index (χ2n) is 16.2. The van der Waals surface area contributed by atoms with Crippen LogP contribution in [0, 0.1) is 17.8 Å². The smallest absolute Gasteiger partial charge is 0.203 e. The Morgan fingerprint density at radius 2 is 1.02 bits per heavy atom. The Morgan fingerprint density at radius 1 is 0.554 bits per heavy atom.